The van der Waals surface area contributed by atoms with Gasteiger partial charge in [0, 0.05) is 19.8 Å². The molecule has 0 aromatic rings. The maximum atomic E-state index is 11.7. The molecule has 0 aliphatic heterocycles. The molecule has 5 heteroatoms. The number of rotatable bonds is 9. The van der Waals surface area contributed by atoms with Gasteiger partial charge in [0.05, 0.1) is 5.60 Å². The van der Waals surface area contributed by atoms with Crippen LogP contribution in [0.3, 0.4) is 0 Å². The molecule has 0 rings (SSSR count). The van der Waals surface area contributed by atoms with Gasteiger partial charge in [-0.25, -0.2) is 8.78 Å². The lowest BCUT2D eigenvalue weighted by Crippen LogP contribution is -2.29. The van der Waals surface area contributed by atoms with Crippen LogP contribution in [0.2, 0.25) is 0 Å². The van der Waals surface area contributed by atoms with Crippen LogP contribution >= 0.6 is 0 Å². The third-order valence-corrected chi connectivity index (χ3v) is 2.55. The van der Waals surface area contributed by atoms with E-state index in [2.05, 4.69) is 0 Å². The van der Waals surface area contributed by atoms with Crippen molar-refractivity contribution in [3.05, 3.63) is 0 Å². The van der Waals surface area contributed by atoms with Gasteiger partial charge in [0.15, 0.2) is 0 Å². The first kappa shape index (κ1) is 15.7. The molecule has 0 radical (unpaired) electrons. The molecule has 1 atom stereocenters. The quantitative estimate of drug-likeness (QED) is 0.627. The van der Waals surface area contributed by atoms with Crippen molar-refractivity contribution in [3.63, 3.8) is 0 Å². The van der Waals surface area contributed by atoms with E-state index in [0.29, 0.717) is 13.0 Å². The Labute approximate surface area is 96.3 Å². The molecule has 0 aliphatic carbocycles. The highest BCUT2D eigenvalue weighted by atomic mass is 19.3. The lowest BCUT2D eigenvalue weighted by atomic mass is 9.98. The number of hydrogen-bond acceptors (Lipinski definition) is 3. The fourth-order valence-electron chi connectivity index (χ4n) is 1.19. The fraction of sp³-hybridized carbons (Fsp3) is 1.00. The summed E-state index contributed by atoms with van der Waals surface area (Å²) in [6.07, 6.45) is -0.145. The van der Waals surface area contributed by atoms with Gasteiger partial charge >= 0.3 is 0 Å². The Morgan fingerprint density at radius 1 is 1.25 bits per heavy atom. The summed E-state index contributed by atoms with van der Waals surface area (Å²) in [5, 5.41) is 0. The minimum absolute atomic E-state index is 0.0212. The van der Waals surface area contributed by atoms with Gasteiger partial charge < -0.3 is 15.2 Å². The van der Waals surface area contributed by atoms with Crippen molar-refractivity contribution in [1.29, 1.82) is 0 Å². The Bertz CT molecular complexity index is 177. The molecule has 98 valence electrons. The second-order valence-electron chi connectivity index (χ2n) is 4.52. The Hall–Kier alpha value is -0.260. The summed E-state index contributed by atoms with van der Waals surface area (Å²) in [7, 11) is 1.66. The molecule has 0 spiro atoms. The van der Waals surface area contributed by atoms with Gasteiger partial charge in [-0.1, -0.05) is 0 Å². The molecule has 0 amide bonds. The summed E-state index contributed by atoms with van der Waals surface area (Å²) >= 11 is 0. The van der Waals surface area contributed by atoms with Gasteiger partial charge in [-0.05, 0) is 33.1 Å². The average Bonchev–Trinajstić information content (AvgIpc) is 2.21. The zero-order chi connectivity index (χ0) is 12.6. The van der Waals surface area contributed by atoms with Gasteiger partial charge in [0.25, 0.3) is 6.43 Å². The first-order chi connectivity index (χ1) is 7.37. The minimum atomic E-state index is -2.40. The molecular weight excluding hydrogens is 216 g/mol. The van der Waals surface area contributed by atoms with Crippen molar-refractivity contribution in [1.82, 2.24) is 0 Å². The normalized spacial score (nSPS) is 14.4. The molecule has 0 aliphatic rings. The van der Waals surface area contributed by atoms with Crippen LogP contribution in [0.4, 0.5) is 8.78 Å². The van der Waals surface area contributed by atoms with E-state index in [-0.39, 0.29) is 11.6 Å². The Balaban J connectivity index is 3.48. The predicted octanol–water partition coefficient (Wildman–Crippen LogP) is 2.19. The maximum absolute atomic E-state index is 11.7. The van der Waals surface area contributed by atoms with E-state index in [1.54, 1.807) is 7.11 Å². The summed E-state index contributed by atoms with van der Waals surface area (Å²) < 4.78 is 33.5. The molecule has 1 unspecified atom stereocenters. The Morgan fingerprint density at radius 2 is 1.88 bits per heavy atom. The first-order valence-electron chi connectivity index (χ1n) is 5.54. The highest BCUT2D eigenvalue weighted by Gasteiger charge is 2.17. The van der Waals surface area contributed by atoms with E-state index in [1.165, 1.54) is 0 Å². The van der Waals surface area contributed by atoms with E-state index in [9.17, 15) is 8.78 Å². The third-order valence-electron chi connectivity index (χ3n) is 2.55. The number of ether oxygens (including phenoxy) is 2. The van der Waals surface area contributed by atoms with Gasteiger partial charge in [-0.3, -0.25) is 0 Å². The number of halogens is 2. The van der Waals surface area contributed by atoms with Crippen LogP contribution in [0.25, 0.3) is 0 Å². The van der Waals surface area contributed by atoms with Crippen LogP contribution in [0.5, 0.6) is 0 Å². The topological polar surface area (TPSA) is 44.5 Å². The summed E-state index contributed by atoms with van der Waals surface area (Å²) in [6, 6.07) is -0.0212. The summed E-state index contributed by atoms with van der Waals surface area (Å²) in [6.45, 7) is 3.77. The average molecular weight is 239 g/mol. The summed E-state index contributed by atoms with van der Waals surface area (Å²) in [5.74, 6) is 0. The Morgan fingerprint density at radius 3 is 2.38 bits per heavy atom. The minimum Gasteiger partial charge on any atom is -0.379 e. The standard InChI is InChI=1S/C11H23F2NO2/c1-11(2,15-3)6-4-9(14)5-7-16-8-10(12)13/h9-10H,4-8,14H2,1-3H3. The molecule has 0 bridgehead atoms. The van der Waals surface area contributed by atoms with Crippen molar-refractivity contribution >= 4 is 0 Å². The van der Waals surface area contributed by atoms with E-state index < -0.39 is 13.0 Å². The van der Waals surface area contributed by atoms with Crippen LogP contribution < -0.4 is 5.73 Å². The molecular formula is C11H23F2NO2. The van der Waals surface area contributed by atoms with Crippen molar-refractivity contribution in [3.8, 4) is 0 Å². The molecule has 0 aromatic carbocycles. The summed E-state index contributed by atoms with van der Waals surface area (Å²) in [4.78, 5) is 0. The van der Waals surface area contributed by atoms with Gasteiger partial charge in [-0.15, -0.1) is 0 Å². The van der Waals surface area contributed by atoms with Crippen molar-refractivity contribution in [2.75, 3.05) is 20.3 Å². The van der Waals surface area contributed by atoms with Gasteiger partial charge in [-0.2, -0.15) is 0 Å². The molecule has 2 N–H and O–H groups in total. The van der Waals surface area contributed by atoms with Crippen LogP contribution in [-0.4, -0.2) is 38.4 Å². The summed E-state index contributed by atoms with van der Waals surface area (Å²) in [5.41, 5.74) is 5.65. The molecule has 3 nitrogen and oxygen atoms in total. The van der Waals surface area contributed by atoms with E-state index in [4.69, 9.17) is 15.2 Å². The fourth-order valence-corrected chi connectivity index (χ4v) is 1.19. The highest BCUT2D eigenvalue weighted by molar-refractivity contribution is 4.72. The van der Waals surface area contributed by atoms with E-state index in [1.807, 2.05) is 13.8 Å². The zero-order valence-corrected chi connectivity index (χ0v) is 10.3. The van der Waals surface area contributed by atoms with Crippen LogP contribution in [-0.2, 0) is 9.47 Å². The molecule has 0 heterocycles. The van der Waals surface area contributed by atoms with E-state index >= 15 is 0 Å². The number of methoxy groups -OCH3 is 1. The van der Waals surface area contributed by atoms with Crippen molar-refractivity contribution < 1.29 is 18.3 Å². The highest BCUT2D eigenvalue weighted by Crippen LogP contribution is 2.16. The third kappa shape index (κ3) is 9.00. The van der Waals surface area contributed by atoms with Crippen LogP contribution in [0.1, 0.15) is 33.1 Å². The largest absolute Gasteiger partial charge is 0.379 e. The van der Waals surface area contributed by atoms with Crippen LogP contribution in [0, 0.1) is 0 Å². The van der Waals surface area contributed by atoms with Gasteiger partial charge in [0.1, 0.15) is 6.61 Å². The second-order valence-corrected chi connectivity index (χ2v) is 4.52. The first-order valence-corrected chi connectivity index (χ1v) is 5.54. The number of hydrogen-bond donors (Lipinski definition) is 1. The van der Waals surface area contributed by atoms with Crippen molar-refractivity contribution in [2.45, 2.75) is 51.2 Å². The van der Waals surface area contributed by atoms with Crippen molar-refractivity contribution in [2.24, 2.45) is 5.73 Å². The molecule has 0 saturated carbocycles. The SMILES string of the molecule is COC(C)(C)CCC(N)CCOCC(F)F. The zero-order valence-electron chi connectivity index (χ0n) is 10.3. The number of nitrogens with two attached hydrogens (primary N) is 1. The second kappa shape index (κ2) is 7.92. The van der Waals surface area contributed by atoms with Gasteiger partial charge in [0.2, 0.25) is 0 Å². The smallest absolute Gasteiger partial charge is 0.261 e. The molecule has 0 fully saturated rings. The molecule has 16 heavy (non-hydrogen) atoms. The molecule has 0 saturated heterocycles. The predicted molar refractivity (Wildman–Crippen MR) is 59.7 cm³/mol. The van der Waals surface area contributed by atoms with Crippen LogP contribution in [0.15, 0.2) is 0 Å². The maximum Gasteiger partial charge on any atom is 0.261 e. The lowest BCUT2D eigenvalue weighted by Gasteiger charge is -2.24. The molecule has 0 aromatic heterocycles. The lowest BCUT2D eigenvalue weighted by molar-refractivity contribution is 0.00659. The Kier molecular flexibility index (Phi) is 7.80. The van der Waals surface area contributed by atoms with E-state index in [0.717, 1.165) is 12.8 Å². The number of alkyl halides is 2. The monoisotopic (exact) mass is 239 g/mol.